The highest BCUT2D eigenvalue weighted by atomic mass is 14.6. The van der Waals surface area contributed by atoms with Gasteiger partial charge in [0.05, 0.1) is 12.0 Å². The van der Waals surface area contributed by atoms with E-state index in [1.54, 1.807) is 24.5 Å². The summed E-state index contributed by atoms with van der Waals surface area (Å²) in [7, 11) is 0. The molecule has 3 nitrogen and oxygen atoms in total. The summed E-state index contributed by atoms with van der Waals surface area (Å²) in [6.07, 6.45) is 3.38. The smallest absolute Gasteiger partial charge is 0.0963 e. The predicted octanol–water partition coefficient (Wildman–Crippen LogP) is 2.32. The molecule has 1 unspecified atom stereocenters. The van der Waals surface area contributed by atoms with Crippen LogP contribution in [-0.4, -0.2) is 4.98 Å². The van der Waals surface area contributed by atoms with E-state index in [0.29, 0.717) is 5.69 Å². The third-order valence-electron chi connectivity index (χ3n) is 2.44. The van der Waals surface area contributed by atoms with Crippen molar-refractivity contribution in [1.82, 2.24) is 4.98 Å². The van der Waals surface area contributed by atoms with Gasteiger partial charge in [-0.25, -0.2) is 0 Å². The zero-order chi connectivity index (χ0) is 11.4. The number of nitrogens with two attached hydrogens (primary N) is 1. The van der Waals surface area contributed by atoms with Gasteiger partial charge < -0.3 is 5.73 Å². The first-order valence-electron chi connectivity index (χ1n) is 4.96. The van der Waals surface area contributed by atoms with Crippen molar-refractivity contribution in [1.29, 1.82) is 5.26 Å². The van der Waals surface area contributed by atoms with Crippen LogP contribution in [0.15, 0.2) is 48.8 Å². The lowest BCUT2D eigenvalue weighted by molar-refractivity contribution is 1.03. The Morgan fingerprint density at radius 3 is 2.12 bits per heavy atom. The Labute approximate surface area is 94.2 Å². The standard InChI is InChI=1S/C13H11N3/c14-9-13(11-5-7-16-8-6-11)10-1-3-12(15)4-2-10/h1-8,13H,15H2. The molecule has 0 aliphatic heterocycles. The molecule has 0 bridgehead atoms. The second-order valence-electron chi connectivity index (χ2n) is 3.51. The molecule has 1 aromatic carbocycles. The van der Waals surface area contributed by atoms with Gasteiger partial charge in [0.1, 0.15) is 0 Å². The van der Waals surface area contributed by atoms with Crippen LogP contribution >= 0.6 is 0 Å². The van der Waals surface area contributed by atoms with Crippen molar-refractivity contribution in [3.63, 3.8) is 0 Å². The van der Waals surface area contributed by atoms with Gasteiger partial charge in [-0.3, -0.25) is 4.98 Å². The highest BCUT2D eigenvalue weighted by molar-refractivity contribution is 5.44. The van der Waals surface area contributed by atoms with Crippen LogP contribution in [0.3, 0.4) is 0 Å². The normalized spacial score (nSPS) is 11.7. The van der Waals surface area contributed by atoms with E-state index >= 15 is 0 Å². The van der Waals surface area contributed by atoms with E-state index in [9.17, 15) is 5.26 Å². The molecule has 0 aliphatic carbocycles. The Balaban J connectivity index is 2.38. The van der Waals surface area contributed by atoms with E-state index in [-0.39, 0.29) is 5.92 Å². The van der Waals surface area contributed by atoms with Gasteiger partial charge >= 0.3 is 0 Å². The molecule has 2 N–H and O–H groups in total. The molecule has 0 amide bonds. The number of hydrogen-bond acceptors (Lipinski definition) is 3. The second-order valence-corrected chi connectivity index (χ2v) is 3.51. The summed E-state index contributed by atoms with van der Waals surface area (Å²) in [4.78, 5) is 3.94. The quantitative estimate of drug-likeness (QED) is 0.772. The average Bonchev–Trinajstić information content (AvgIpc) is 2.34. The molecule has 0 spiro atoms. The van der Waals surface area contributed by atoms with Gasteiger partial charge in [-0.2, -0.15) is 5.26 Å². The summed E-state index contributed by atoms with van der Waals surface area (Å²) in [5.41, 5.74) is 8.21. The van der Waals surface area contributed by atoms with Crippen molar-refractivity contribution in [3.05, 3.63) is 59.9 Å². The number of anilines is 1. The highest BCUT2D eigenvalue weighted by Gasteiger charge is 2.12. The molecule has 2 rings (SSSR count). The molecule has 78 valence electrons. The average molecular weight is 209 g/mol. The van der Waals surface area contributed by atoms with E-state index in [1.807, 2.05) is 24.3 Å². The third-order valence-corrected chi connectivity index (χ3v) is 2.44. The Morgan fingerprint density at radius 1 is 1.00 bits per heavy atom. The fraction of sp³-hybridized carbons (Fsp3) is 0.0769. The molecular weight excluding hydrogens is 198 g/mol. The lowest BCUT2D eigenvalue weighted by atomic mass is 9.93. The van der Waals surface area contributed by atoms with Gasteiger partial charge in [-0.1, -0.05) is 12.1 Å². The summed E-state index contributed by atoms with van der Waals surface area (Å²) in [5, 5.41) is 9.20. The second kappa shape index (κ2) is 4.45. The monoisotopic (exact) mass is 209 g/mol. The van der Waals surface area contributed by atoms with Crippen LogP contribution in [-0.2, 0) is 0 Å². The topological polar surface area (TPSA) is 62.7 Å². The minimum atomic E-state index is -0.261. The fourth-order valence-corrected chi connectivity index (χ4v) is 1.59. The molecule has 16 heavy (non-hydrogen) atoms. The number of rotatable bonds is 2. The molecule has 1 atom stereocenters. The molecule has 0 fully saturated rings. The van der Waals surface area contributed by atoms with Crippen LogP contribution in [0.25, 0.3) is 0 Å². The zero-order valence-corrected chi connectivity index (χ0v) is 8.67. The van der Waals surface area contributed by atoms with Gasteiger partial charge in [0.2, 0.25) is 0 Å². The third kappa shape index (κ3) is 2.01. The molecule has 0 saturated heterocycles. The van der Waals surface area contributed by atoms with Crippen LogP contribution in [0.4, 0.5) is 5.69 Å². The fourth-order valence-electron chi connectivity index (χ4n) is 1.59. The number of pyridine rings is 1. The van der Waals surface area contributed by atoms with Crippen molar-refractivity contribution in [2.45, 2.75) is 5.92 Å². The maximum Gasteiger partial charge on any atom is 0.0963 e. The number of nitrogens with zero attached hydrogens (tertiary/aromatic N) is 2. The summed E-state index contributed by atoms with van der Waals surface area (Å²) in [6.45, 7) is 0. The van der Waals surface area contributed by atoms with E-state index < -0.39 is 0 Å². The molecule has 0 aliphatic rings. The minimum Gasteiger partial charge on any atom is -0.399 e. The summed E-state index contributed by atoms with van der Waals surface area (Å²) < 4.78 is 0. The van der Waals surface area contributed by atoms with Crippen molar-refractivity contribution >= 4 is 5.69 Å². The Morgan fingerprint density at radius 2 is 1.56 bits per heavy atom. The van der Waals surface area contributed by atoms with Gasteiger partial charge in [-0.15, -0.1) is 0 Å². The maximum absolute atomic E-state index is 9.20. The van der Waals surface area contributed by atoms with Crippen molar-refractivity contribution < 1.29 is 0 Å². The SMILES string of the molecule is N#CC(c1ccncc1)c1ccc(N)cc1. The molecule has 3 heteroatoms. The number of benzene rings is 1. The number of nitriles is 1. The maximum atomic E-state index is 9.20. The van der Waals surface area contributed by atoms with Crippen LogP contribution in [0.1, 0.15) is 17.0 Å². The number of aromatic nitrogens is 1. The summed E-state index contributed by atoms with van der Waals surface area (Å²) in [5.74, 6) is -0.261. The van der Waals surface area contributed by atoms with Gasteiger partial charge in [0, 0.05) is 18.1 Å². The van der Waals surface area contributed by atoms with E-state index in [4.69, 9.17) is 5.73 Å². The molecule has 1 aromatic heterocycles. The molecule has 0 saturated carbocycles. The Kier molecular flexibility index (Phi) is 2.84. The predicted molar refractivity (Wildman–Crippen MR) is 62.5 cm³/mol. The first kappa shape index (κ1) is 10.2. The number of hydrogen-bond donors (Lipinski definition) is 1. The van der Waals surface area contributed by atoms with Crippen molar-refractivity contribution in [2.24, 2.45) is 0 Å². The molecule has 0 radical (unpaired) electrons. The van der Waals surface area contributed by atoms with Crippen molar-refractivity contribution in [2.75, 3.05) is 5.73 Å². The minimum absolute atomic E-state index is 0.261. The first-order valence-corrected chi connectivity index (χ1v) is 4.96. The zero-order valence-electron chi connectivity index (χ0n) is 8.67. The van der Waals surface area contributed by atoms with Crippen LogP contribution in [0.5, 0.6) is 0 Å². The van der Waals surface area contributed by atoms with Gasteiger partial charge in [0.25, 0.3) is 0 Å². The molecule has 1 heterocycles. The van der Waals surface area contributed by atoms with Crippen molar-refractivity contribution in [3.8, 4) is 6.07 Å². The van der Waals surface area contributed by atoms with Crippen LogP contribution in [0, 0.1) is 11.3 Å². The number of nitrogen functional groups attached to an aromatic ring is 1. The summed E-state index contributed by atoms with van der Waals surface area (Å²) >= 11 is 0. The van der Waals surface area contributed by atoms with E-state index in [0.717, 1.165) is 11.1 Å². The molecular formula is C13H11N3. The van der Waals surface area contributed by atoms with E-state index in [1.165, 1.54) is 0 Å². The van der Waals surface area contributed by atoms with Gasteiger partial charge in [0.15, 0.2) is 0 Å². The van der Waals surface area contributed by atoms with Crippen LogP contribution in [0.2, 0.25) is 0 Å². The summed E-state index contributed by atoms with van der Waals surface area (Å²) in [6, 6.07) is 13.4. The van der Waals surface area contributed by atoms with E-state index in [2.05, 4.69) is 11.1 Å². The van der Waals surface area contributed by atoms with Crippen LogP contribution < -0.4 is 5.73 Å². The Bertz CT molecular complexity index is 497. The largest absolute Gasteiger partial charge is 0.399 e. The lowest BCUT2D eigenvalue weighted by Gasteiger charge is -2.09. The molecule has 2 aromatic rings. The van der Waals surface area contributed by atoms with Gasteiger partial charge in [-0.05, 0) is 35.4 Å². The lowest BCUT2D eigenvalue weighted by Crippen LogP contribution is -1.98. The Hall–Kier alpha value is -2.34. The first-order chi connectivity index (χ1) is 7.81. The highest BCUT2D eigenvalue weighted by Crippen LogP contribution is 2.23.